The predicted octanol–water partition coefficient (Wildman–Crippen LogP) is 2.46. The number of amides is 2. The zero-order valence-electron chi connectivity index (χ0n) is 12.8. The average Bonchev–Trinajstić information content (AvgIpc) is 3.37. The fraction of sp³-hybridized carbons (Fsp3) is 0.875. The quantitative estimate of drug-likeness (QED) is 0.818. The zero-order chi connectivity index (χ0) is 15.0. The number of piperidine rings is 1. The van der Waals surface area contributed by atoms with Crippen LogP contribution >= 0.6 is 0 Å². The van der Waals surface area contributed by atoms with E-state index in [2.05, 4.69) is 5.32 Å². The number of carbonyl (C=O) groups is 2. The van der Waals surface area contributed by atoms with Gasteiger partial charge in [0.2, 0.25) is 0 Å². The SMILES string of the molecule is CCC1(C(=O)O)CCCN(C(=O)NC(C2CC2)C2CC2)C1. The van der Waals surface area contributed by atoms with Gasteiger partial charge >= 0.3 is 12.0 Å². The summed E-state index contributed by atoms with van der Waals surface area (Å²) in [6.07, 6.45) is 6.97. The lowest BCUT2D eigenvalue weighted by atomic mass is 9.78. The van der Waals surface area contributed by atoms with Crippen molar-refractivity contribution in [2.75, 3.05) is 13.1 Å². The summed E-state index contributed by atoms with van der Waals surface area (Å²) in [6, 6.07) is 0.290. The van der Waals surface area contributed by atoms with Crippen molar-refractivity contribution in [3.63, 3.8) is 0 Å². The van der Waals surface area contributed by atoms with E-state index in [1.165, 1.54) is 25.7 Å². The first-order chi connectivity index (χ1) is 10.1. The summed E-state index contributed by atoms with van der Waals surface area (Å²) in [6.45, 7) is 2.95. The molecule has 1 heterocycles. The van der Waals surface area contributed by atoms with E-state index in [0.717, 1.165) is 6.42 Å². The molecular formula is C16H26N2O3. The number of likely N-dealkylation sites (tertiary alicyclic amines) is 1. The largest absolute Gasteiger partial charge is 0.481 e. The van der Waals surface area contributed by atoms with Gasteiger partial charge in [-0.2, -0.15) is 0 Å². The van der Waals surface area contributed by atoms with Gasteiger partial charge in [-0.15, -0.1) is 0 Å². The standard InChI is InChI=1S/C16H26N2O3/c1-2-16(14(19)20)8-3-9-18(10-16)15(21)17-13(11-4-5-11)12-6-7-12/h11-13H,2-10H2,1H3,(H,17,21)(H,19,20). The van der Waals surface area contributed by atoms with E-state index in [-0.39, 0.29) is 6.03 Å². The monoisotopic (exact) mass is 294 g/mol. The van der Waals surface area contributed by atoms with Crippen LogP contribution in [-0.4, -0.2) is 41.1 Å². The molecule has 1 atom stereocenters. The summed E-state index contributed by atoms with van der Waals surface area (Å²) in [7, 11) is 0. The summed E-state index contributed by atoms with van der Waals surface area (Å²) in [4.78, 5) is 25.8. The van der Waals surface area contributed by atoms with E-state index in [1.807, 2.05) is 6.92 Å². The van der Waals surface area contributed by atoms with E-state index in [1.54, 1.807) is 4.90 Å². The van der Waals surface area contributed by atoms with Crippen LogP contribution in [0.5, 0.6) is 0 Å². The Hall–Kier alpha value is -1.26. The fourth-order valence-electron chi connectivity index (χ4n) is 3.68. The Balaban J connectivity index is 1.62. The zero-order valence-corrected chi connectivity index (χ0v) is 12.8. The second kappa shape index (κ2) is 5.50. The van der Waals surface area contributed by atoms with Crippen LogP contribution in [-0.2, 0) is 4.79 Å². The molecule has 5 nitrogen and oxygen atoms in total. The van der Waals surface area contributed by atoms with E-state index < -0.39 is 11.4 Å². The molecule has 0 radical (unpaired) electrons. The molecule has 2 saturated carbocycles. The minimum Gasteiger partial charge on any atom is -0.481 e. The van der Waals surface area contributed by atoms with Gasteiger partial charge in [-0.3, -0.25) is 4.79 Å². The molecule has 0 aromatic rings. The highest BCUT2D eigenvalue weighted by Gasteiger charge is 2.45. The van der Waals surface area contributed by atoms with Crippen LogP contribution < -0.4 is 5.32 Å². The molecule has 0 bridgehead atoms. The van der Waals surface area contributed by atoms with Gasteiger partial charge in [-0.1, -0.05) is 6.92 Å². The number of nitrogens with zero attached hydrogens (tertiary/aromatic N) is 1. The molecule has 2 N–H and O–H groups in total. The molecule has 0 spiro atoms. The number of nitrogens with one attached hydrogen (secondary N) is 1. The number of rotatable bonds is 5. The topological polar surface area (TPSA) is 69.6 Å². The van der Waals surface area contributed by atoms with Crippen molar-refractivity contribution in [2.45, 2.75) is 57.9 Å². The molecular weight excluding hydrogens is 268 g/mol. The molecule has 0 aromatic carbocycles. The highest BCUT2D eigenvalue weighted by molar-refractivity contribution is 5.79. The maximum Gasteiger partial charge on any atom is 0.317 e. The molecule has 2 aliphatic carbocycles. The van der Waals surface area contributed by atoms with Crippen LogP contribution in [0.1, 0.15) is 51.9 Å². The fourth-order valence-corrected chi connectivity index (χ4v) is 3.68. The van der Waals surface area contributed by atoms with Crippen molar-refractivity contribution in [1.29, 1.82) is 0 Å². The number of urea groups is 1. The van der Waals surface area contributed by atoms with Crippen LogP contribution in [0, 0.1) is 17.3 Å². The smallest absolute Gasteiger partial charge is 0.317 e. The van der Waals surface area contributed by atoms with Crippen LogP contribution in [0.3, 0.4) is 0 Å². The molecule has 1 saturated heterocycles. The summed E-state index contributed by atoms with van der Waals surface area (Å²) in [5.74, 6) is 0.576. The first-order valence-corrected chi connectivity index (χ1v) is 8.34. The Labute approximate surface area is 126 Å². The molecule has 3 rings (SSSR count). The molecule has 5 heteroatoms. The molecule has 1 unspecified atom stereocenters. The number of carboxylic acid groups (broad SMARTS) is 1. The van der Waals surface area contributed by atoms with E-state index >= 15 is 0 Å². The van der Waals surface area contributed by atoms with Gasteiger partial charge < -0.3 is 15.3 Å². The number of carboxylic acids is 1. The van der Waals surface area contributed by atoms with Crippen molar-refractivity contribution in [3.05, 3.63) is 0 Å². The van der Waals surface area contributed by atoms with Crippen molar-refractivity contribution < 1.29 is 14.7 Å². The van der Waals surface area contributed by atoms with Crippen molar-refractivity contribution >= 4 is 12.0 Å². The molecule has 3 aliphatic rings. The van der Waals surface area contributed by atoms with Gasteiger partial charge in [-0.05, 0) is 56.8 Å². The minimum atomic E-state index is -0.761. The van der Waals surface area contributed by atoms with Gasteiger partial charge in [0.05, 0.1) is 5.41 Å². The first-order valence-electron chi connectivity index (χ1n) is 8.34. The number of hydrogen-bond acceptors (Lipinski definition) is 2. The Bertz CT molecular complexity index is 419. The third kappa shape index (κ3) is 3.01. The van der Waals surface area contributed by atoms with Gasteiger partial charge in [0.1, 0.15) is 0 Å². The molecule has 1 aliphatic heterocycles. The summed E-state index contributed by atoms with van der Waals surface area (Å²) >= 11 is 0. The molecule has 0 aromatic heterocycles. The molecule has 21 heavy (non-hydrogen) atoms. The highest BCUT2D eigenvalue weighted by Crippen LogP contribution is 2.44. The highest BCUT2D eigenvalue weighted by atomic mass is 16.4. The number of carbonyl (C=O) groups excluding carboxylic acids is 1. The minimum absolute atomic E-state index is 0.0439. The maximum absolute atomic E-state index is 12.5. The summed E-state index contributed by atoms with van der Waals surface area (Å²) in [5.41, 5.74) is -0.746. The Morgan fingerprint density at radius 3 is 2.38 bits per heavy atom. The van der Waals surface area contributed by atoms with E-state index in [4.69, 9.17) is 0 Å². The van der Waals surface area contributed by atoms with Gasteiger partial charge in [0, 0.05) is 19.1 Å². The van der Waals surface area contributed by atoms with E-state index in [9.17, 15) is 14.7 Å². The van der Waals surface area contributed by atoms with Crippen LogP contribution in [0.25, 0.3) is 0 Å². The van der Waals surface area contributed by atoms with Crippen LogP contribution in [0.15, 0.2) is 0 Å². The molecule has 3 fully saturated rings. The summed E-state index contributed by atoms with van der Waals surface area (Å²) in [5, 5.41) is 12.7. The van der Waals surface area contributed by atoms with Crippen molar-refractivity contribution in [2.24, 2.45) is 17.3 Å². The molecule has 2 amide bonds. The van der Waals surface area contributed by atoms with Crippen molar-refractivity contribution in [1.82, 2.24) is 10.2 Å². The van der Waals surface area contributed by atoms with Gasteiger partial charge in [0.15, 0.2) is 0 Å². The lowest BCUT2D eigenvalue weighted by molar-refractivity contribution is -0.152. The van der Waals surface area contributed by atoms with E-state index in [0.29, 0.717) is 43.8 Å². The third-order valence-electron chi connectivity index (χ3n) is 5.54. The second-order valence-corrected chi connectivity index (χ2v) is 7.11. The number of aliphatic carboxylic acids is 1. The average molecular weight is 294 g/mol. The van der Waals surface area contributed by atoms with Crippen molar-refractivity contribution in [3.8, 4) is 0 Å². The van der Waals surface area contributed by atoms with Gasteiger partial charge in [0.25, 0.3) is 0 Å². The maximum atomic E-state index is 12.5. The van der Waals surface area contributed by atoms with Gasteiger partial charge in [-0.25, -0.2) is 4.79 Å². The number of hydrogen-bond donors (Lipinski definition) is 2. The van der Waals surface area contributed by atoms with Crippen LogP contribution in [0.2, 0.25) is 0 Å². The first kappa shape index (κ1) is 14.7. The Morgan fingerprint density at radius 1 is 1.29 bits per heavy atom. The Kier molecular flexibility index (Phi) is 3.84. The molecule has 118 valence electrons. The lowest BCUT2D eigenvalue weighted by Crippen LogP contribution is -2.54. The predicted molar refractivity (Wildman–Crippen MR) is 78.9 cm³/mol. The summed E-state index contributed by atoms with van der Waals surface area (Å²) < 4.78 is 0. The Morgan fingerprint density at radius 2 is 1.90 bits per heavy atom. The van der Waals surface area contributed by atoms with Crippen LogP contribution in [0.4, 0.5) is 4.79 Å². The normalized spacial score (nSPS) is 29.5. The lowest BCUT2D eigenvalue weighted by Gasteiger charge is -2.40. The second-order valence-electron chi connectivity index (χ2n) is 7.11. The third-order valence-corrected chi connectivity index (χ3v) is 5.54.